The van der Waals surface area contributed by atoms with Crippen molar-refractivity contribution < 1.29 is 4.39 Å². The third kappa shape index (κ3) is 2.14. The molecule has 0 aliphatic heterocycles. The first kappa shape index (κ1) is 12.9. The van der Waals surface area contributed by atoms with Gasteiger partial charge in [0.25, 0.3) is 0 Å². The standard InChI is InChI=1S/C14H7Cl3FN/c15-14(16,17)13-9-5-2-1-4-8(9)12-10(18)6-3-7-11(12)19-13/h1-7H. The predicted molar refractivity (Wildman–Crippen MR) is 78.4 cm³/mol. The van der Waals surface area contributed by atoms with Crippen molar-refractivity contribution in [2.45, 2.75) is 3.79 Å². The first-order chi connectivity index (χ1) is 8.98. The lowest BCUT2D eigenvalue weighted by Crippen LogP contribution is -2.05. The Kier molecular flexibility index (Phi) is 3.05. The van der Waals surface area contributed by atoms with Gasteiger partial charge in [-0.15, -0.1) is 0 Å². The molecule has 0 saturated heterocycles. The van der Waals surface area contributed by atoms with E-state index in [4.69, 9.17) is 34.8 Å². The zero-order chi connectivity index (χ0) is 13.6. The molecule has 0 spiro atoms. The third-order valence-corrected chi connectivity index (χ3v) is 3.48. The summed E-state index contributed by atoms with van der Waals surface area (Å²) in [7, 11) is 0. The number of hydrogen-bond donors (Lipinski definition) is 0. The lowest BCUT2D eigenvalue weighted by Gasteiger charge is -2.15. The van der Waals surface area contributed by atoms with Gasteiger partial charge in [0.1, 0.15) is 11.5 Å². The summed E-state index contributed by atoms with van der Waals surface area (Å²) in [6.07, 6.45) is 0. The molecule has 1 nitrogen and oxygen atoms in total. The summed E-state index contributed by atoms with van der Waals surface area (Å²) >= 11 is 17.9. The number of benzene rings is 2. The van der Waals surface area contributed by atoms with E-state index in [-0.39, 0.29) is 5.82 Å². The Morgan fingerprint density at radius 3 is 2.26 bits per heavy atom. The topological polar surface area (TPSA) is 12.9 Å². The highest BCUT2D eigenvalue weighted by molar-refractivity contribution is 6.67. The molecule has 1 heterocycles. The van der Waals surface area contributed by atoms with Gasteiger partial charge >= 0.3 is 0 Å². The van der Waals surface area contributed by atoms with Crippen LogP contribution < -0.4 is 0 Å². The molecule has 96 valence electrons. The maximum absolute atomic E-state index is 14.0. The van der Waals surface area contributed by atoms with E-state index in [9.17, 15) is 4.39 Å². The molecule has 0 fully saturated rings. The fourth-order valence-corrected chi connectivity index (χ4v) is 2.61. The molecule has 0 atom stereocenters. The second-order valence-electron chi connectivity index (χ2n) is 4.14. The molecule has 3 rings (SSSR count). The second kappa shape index (κ2) is 4.48. The molecule has 0 bridgehead atoms. The summed E-state index contributed by atoms with van der Waals surface area (Å²) in [5.41, 5.74) is 0.784. The predicted octanol–water partition coefficient (Wildman–Crippen LogP) is 5.35. The molecule has 19 heavy (non-hydrogen) atoms. The molecule has 5 heteroatoms. The van der Waals surface area contributed by atoms with Crippen LogP contribution >= 0.6 is 34.8 Å². The number of fused-ring (bicyclic) bond motifs is 3. The van der Waals surface area contributed by atoms with E-state index in [1.807, 2.05) is 6.07 Å². The summed E-state index contributed by atoms with van der Waals surface area (Å²) in [5, 5.41) is 1.77. The zero-order valence-electron chi connectivity index (χ0n) is 9.50. The number of rotatable bonds is 0. The minimum absolute atomic E-state index is 0.311. The van der Waals surface area contributed by atoms with E-state index in [2.05, 4.69) is 4.98 Å². The number of halogens is 4. The smallest absolute Gasteiger partial charge is 0.233 e. The van der Waals surface area contributed by atoms with Crippen LogP contribution in [0.2, 0.25) is 0 Å². The molecule has 0 radical (unpaired) electrons. The van der Waals surface area contributed by atoms with Crippen molar-refractivity contribution in [3.8, 4) is 0 Å². The van der Waals surface area contributed by atoms with Gasteiger partial charge in [0, 0.05) is 10.8 Å². The normalized spacial score (nSPS) is 12.2. The van der Waals surface area contributed by atoms with Crippen LogP contribution in [0, 0.1) is 5.82 Å². The van der Waals surface area contributed by atoms with Gasteiger partial charge < -0.3 is 0 Å². The Morgan fingerprint density at radius 2 is 1.58 bits per heavy atom. The van der Waals surface area contributed by atoms with Crippen molar-refractivity contribution in [2.24, 2.45) is 0 Å². The fourth-order valence-electron chi connectivity index (χ4n) is 2.18. The van der Waals surface area contributed by atoms with E-state index in [1.54, 1.807) is 30.3 Å². The Balaban J connectivity index is 2.58. The SMILES string of the molecule is Fc1cccc2nc(C(Cl)(Cl)Cl)c3ccccc3c12. The van der Waals surface area contributed by atoms with Crippen LogP contribution in [0.1, 0.15) is 5.69 Å². The highest BCUT2D eigenvalue weighted by Crippen LogP contribution is 2.42. The Hall–Kier alpha value is -1.09. The van der Waals surface area contributed by atoms with E-state index in [1.165, 1.54) is 6.07 Å². The summed E-state index contributed by atoms with van der Waals surface area (Å²) in [5.74, 6) is -0.336. The maximum Gasteiger partial charge on any atom is 0.233 e. The number of nitrogens with zero attached hydrogens (tertiary/aromatic N) is 1. The second-order valence-corrected chi connectivity index (χ2v) is 6.42. The van der Waals surface area contributed by atoms with Crippen LogP contribution in [0.25, 0.3) is 21.7 Å². The molecule has 1 aromatic heterocycles. The molecular formula is C14H7Cl3FN. The lowest BCUT2D eigenvalue weighted by molar-refractivity contribution is 0.640. The Bertz CT molecular complexity index is 781. The van der Waals surface area contributed by atoms with Gasteiger partial charge in [-0.3, -0.25) is 0 Å². The van der Waals surface area contributed by atoms with Crippen molar-refractivity contribution in [1.82, 2.24) is 4.98 Å². The van der Waals surface area contributed by atoms with Crippen molar-refractivity contribution in [1.29, 1.82) is 0 Å². The molecule has 0 unspecified atom stereocenters. The molecular weight excluding hydrogens is 308 g/mol. The average molecular weight is 315 g/mol. The number of hydrogen-bond acceptors (Lipinski definition) is 1. The number of alkyl halides is 3. The monoisotopic (exact) mass is 313 g/mol. The highest BCUT2D eigenvalue weighted by atomic mass is 35.6. The van der Waals surface area contributed by atoms with Gasteiger partial charge in [0.05, 0.1) is 5.52 Å². The summed E-state index contributed by atoms with van der Waals surface area (Å²) < 4.78 is 12.4. The van der Waals surface area contributed by atoms with E-state index >= 15 is 0 Å². The number of pyridine rings is 1. The summed E-state index contributed by atoms with van der Waals surface area (Å²) in [6.45, 7) is 0. The van der Waals surface area contributed by atoms with Crippen LogP contribution in [-0.4, -0.2) is 4.98 Å². The Labute approximate surface area is 123 Å². The van der Waals surface area contributed by atoms with Gasteiger partial charge in [-0.2, -0.15) is 0 Å². The van der Waals surface area contributed by atoms with Gasteiger partial charge in [-0.05, 0) is 17.5 Å². The quantitative estimate of drug-likeness (QED) is 0.402. The van der Waals surface area contributed by atoms with Crippen LogP contribution in [0.4, 0.5) is 4.39 Å². The van der Waals surface area contributed by atoms with E-state index < -0.39 is 3.79 Å². The minimum Gasteiger partial charge on any atom is -0.248 e. The van der Waals surface area contributed by atoms with Crippen molar-refractivity contribution in [3.63, 3.8) is 0 Å². The fraction of sp³-hybridized carbons (Fsp3) is 0.0714. The van der Waals surface area contributed by atoms with Gasteiger partial charge in [0.15, 0.2) is 0 Å². The Morgan fingerprint density at radius 1 is 0.895 bits per heavy atom. The third-order valence-electron chi connectivity index (χ3n) is 2.94. The highest BCUT2D eigenvalue weighted by Gasteiger charge is 2.28. The van der Waals surface area contributed by atoms with Crippen molar-refractivity contribution in [2.75, 3.05) is 0 Å². The van der Waals surface area contributed by atoms with Crippen LogP contribution in [0.5, 0.6) is 0 Å². The van der Waals surface area contributed by atoms with Crippen LogP contribution in [0.15, 0.2) is 42.5 Å². The minimum atomic E-state index is -1.65. The van der Waals surface area contributed by atoms with Crippen LogP contribution in [-0.2, 0) is 3.79 Å². The first-order valence-corrected chi connectivity index (χ1v) is 6.66. The van der Waals surface area contributed by atoms with Gasteiger partial charge in [-0.25, -0.2) is 9.37 Å². The van der Waals surface area contributed by atoms with E-state index in [0.29, 0.717) is 27.4 Å². The molecule has 0 amide bonds. The molecule has 0 N–H and O–H groups in total. The molecule has 0 saturated carbocycles. The average Bonchev–Trinajstić information content (AvgIpc) is 2.36. The van der Waals surface area contributed by atoms with Crippen molar-refractivity contribution in [3.05, 3.63) is 54.0 Å². The zero-order valence-corrected chi connectivity index (χ0v) is 11.8. The first-order valence-electron chi connectivity index (χ1n) is 5.52. The maximum atomic E-state index is 14.0. The van der Waals surface area contributed by atoms with Gasteiger partial charge in [-0.1, -0.05) is 65.1 Å². The number of aromatic nitrogens is 1. The molecule has 3 aromatic rings. The van der Waals surface area contributed by atoms with Crippen molar-refractivity contribution >= 4 is 56.5 Å². The molecule has 2 aromatic carbocycles. The summed E-state index contributed by atoms with van der Waals surface area (Å²) in [4.78, 5) is 4.30. The van der Waals surface area contributed by atoms with Crippen LogP contribution in [0.3, 0.4) is 0 Å². The molecule has 0 aliphatic carbocycles. The summed E-state index contributed by atoms with van der Waals surface area (Å²) in [6, 6.07) is 11.9. The van der Waals surface area contributed by atoms with Gasteiger partial charge in [0.2, 0.25) is 3.79 Å². The molecule has 0 aliphatic rings. The lowest BCUT2D eigenvalue weighted by atomic mass is 10.0. The largest absolute Gasteiger partial charge is 0.248 e. The van der Waals surface area contributed by atoms with E-state index in [0.717, 1.165) is 0 Å².